The number of cyclic esters (lactones) is 1. The van der Waals surface area contributed by atoms with Crippen LogP contribution >= 0.6 is 0 Å². The van der Waals surface area contributed by atoms with Gasteiger partial charge in [0, 0.05) is 12.0 Å². The monoisotopic (exact) mass is 419 g/mol. The van der Waals surface area contributed by atoms with Gasteiger partial charge in [-0.05, 0) is 31.1 Å². The van der Waals surface area contributed by atoms with Crippen molar-refractivity contribution in [3.05, 3.63) is 41.5 Å². The molecule has 1 aliphatic rings. The molecule has 2 rings (SSSR count). The molecule has 1 aromatic carbocycles. The number of nitrogens with one attached hydrogen (secondary N) is 1. The molecule has 0 fully saturated rings. The minimum Gasteiger partial charge on any atom is -0.507 e. The van der Waals surface area contributed by atoms with Gasteiger partial charge in [0.25, 0.3) is 0 Å². The van der Waals surface area contributed by atoms with Crippen LogP contribution in [0.15, 0.2) is 30.4 Å². The van der Waals surface area contributed by atoms with Gasteiger partial charge in [0.2, 0.25) is 0 Å². The topological polar surface area (TPSA) is 142 Å². The van der Waals surface area contributed by atoms with Gasteiger partial charge < -0.3 is 24.9 Å². The van der Waals surface area contributed by atoms with Gasteiger partial charge in [0.1, 0.15) is 36.4 Å². The van der Waals surface area contributed by atoms with Crippen molar-refractivity contribution in [3.8, 4) is 5.75 Å². The van der Waals surface area contributed by atoms with Crippen LogP contribution in [0.2, 0.25) is 0 Å². The highest BCUT2D eigenvalue weighted by Gasteiger charge is 2.25. The highest BCUT2D eigenvalue weighted by atomic mass is 16.6. The second-order valence-electron chi connectivity index (χ2n) is 6.92. The smallest absolute Gasteiger partial charge is 0.342 e. The van der Waals surface area contributed by atoms with E-state index < -0.39 is 30.1 Å². The largest absolute Gasteiger partial charge is 0.507 e. The Morgan fingerprint density at radius 2 is 1.97 bits per heavy atom. The van der Waals surface area contributed by atoms with Gasteiger partial charge in [-0.3, -0.25) is 15.1 Å². The van der Waals surface area contributed by atoms with Gasteiger partial charge in [-0.1, -0.05) is 25.2 Å². The molecule has 0 bridgehead atoms. The molecule has 0 unspecified atom stereocenters. The fraction of sp³-hybridized carbons (Fsp3) is 0.381. The molecular weight excluding hydrogens is 394 g/mol. The van der Waals surface area contributed by atoms with Crippen molar-refractivity contribution in [2.75, 3.05) is 12.1 Å². The Labute approximate surface area is 173 Å². The number of phenols is 1. The first-order valence-electron chi connectivity index (χ1n) is 9.38. The van der Waals surface area contributed by atoms with E-state index in [9.17, 15) is 29.7 Å². The van der Waals surface area contributed by atoms with Crippen molar-refractivity contribution in [2.45, 2.75) is 38.6 Å². The van der Waals surface area contributed by atoms with Crippen molar-refractivity contribution in [2.24, 2.45) is 5.92 Å². The summed E-state index contributed by atoms with van der Waals surface area (Å²) in [5.41, 5.74) is 2.89. The van der Waals surface area contributed by atoms with Gasteiger partial charge >= 0.3 is 5.97 Å². The third-order valence-electron chi connectivity index (χ3n) is 4.62. The Kier molecular flexibility index (Phi) is 8.28. The van der Waals surface area contributed by atoms with Gasteiger partial charge in [-0.2, -0.15) is 0 Å². The molecule has 9 heteroatoms. The Morgan fingerprint density at radius 3 is 2.67 bits per heavy atom. The highest BCUT2D eigenvalue weighted by Crippen LogP contribution is 2.30. The van der Waals surface area contributed by atoms with E-state index in [1.54, 1.807) is 13.8 Å². The van der Waals surface area contributed by atoms with E-state index in [1.165, 1.54) is 30.4 Å². The number of aromatic hydroxyl groups is 1. The summed E-state index contributed by atoms with van der Waals surface area (Å²) in [6, 6.07) is 2.72. The summed E-state index contributed by atoms with van der Waals surface area (Å²) in [6.07, 6.45) is 2.39. The van der Waals surface area contributed by atoms with E-state index in [1.807, 2.05) is 0 Å². The lowest BCUT2D eigenvalue weighted by atomic mass is 9.99. The van der Waals surface area contributed by atoms with Crippen molar-refractivity contribution in [3.63, 3.8) is 0 Å². The number of anilines is 1. The number of benzene rings is 1. The fourth-order valence-electron chi connectivity index (χ4n) is 2.71. The minimum atomic E-state index is -1.60. The average Bonchev–Trinajstić information content (AvgIpc) is 2.70. The predicted octanol–water partition coefficient (Wildman–Crippen LogP) is 1.38. The van der Waals surface area contributed by atoms with Crippen molar-refractivity contribution < 1.29 is 39.3 Å². The number of carbonyl (C=O) groups excluding carboxylic acids is 3. The maximum Gasteiger partial charge on any atom is 0.342 e. The molecule has 0 aromatic heterocycles. The molecule has 4 N–H and O–H groups in total. The zero-order valence-electron chi connectivity index (χ0n) is 16.6. The summed E-state index contributed by atoms with van der Waals surface area (Å²) in [6.45, 7) is 3.12. The number of ether oxygens (including phenoxy) is 1. The molecule has 162 valence electrons. The second-order valence-corrected chi connectivity index (χ2v) is 6.92. The first-order chi connectivity index (χ1) is 14.2. The van der Waals surface area contributed by atoms with Gasteiger partial charge in [-0.25, -0.2) is 4.79 Å². The van der Waals surface area contributed by atoms with Crippen LogP contribution in [0.5, 0.6) is 5.75 Å². The molecule has 0 aliphatic carbocycles. The molecule has 1 aliphatic heterocycles. The molecule has 9 nitrogen and oxygen atoms in total. The van der Waals surface area contributed by atoms with Crippen molar-refractivity contribution >= 4 is 29.8 Å². The molecule has 0 spiro atoms. The second kappa shape index (κ2) is 10.7. The highest BCUT2D eigenvalue weighted by molar-refractivity contribution is 5.97. The number of ketones is 1. The lowest BCUT2D eigenvalue weighted by molar-refractivity contribution is -0.127. The number of carbonyl (C=O) groups is 3. The predicted molar refractivity (Wildman–Crippen MR) is 108 cm³/mol. The van der Waals surface area contributed by atoms with E-state index in [2.05, 4.69) is 5.48 Å². The standard InChI is InChI=1S/C21H25NO8/c1-12-6-7-17(25)20(27)16(24)5-3-4-14-10-15(22-29-9-8-23)11-18(26)19(14)21(28)30-13(12)2/h3-4,6-8,10-13,16,20,22,24,26-27H,5,9H2,1-2H3/b4-3+,7-6-/t12-,13+,16+,20+/m1/s1. The lowest BCUT2D eigenvalue weighted by Gasteiger charge is -2.20. The molecular formula is C21H25NO8. The number of aliphatic hydroxyl groups excluding tert-OH is 2. The number of phenolic OH excluding ortho intramolecular Hbond substituents is 1. The first-order valence-corrected chi connectivity index (χ1v) is 9.38. The number of aliphatic hydroxyl groups is 2. The maximum absolute atomic E-state index is 12.7. The van der Waals surface area contributed by atoms with Crippen LogP contribution in [0, 0.1) is 5.92 Å². The van der Waals surface area contributed by atoms with Crippen molar-refractivity contribution in [1.82, 2.24) is 0 Å². The van der Waals surface area contributed by atoms with Crippen LogP contribution in [0.4, 0.5) is 5.69 Å². The number of hydrogen-bond donors (Lipinski definition) is 4. The third-order valence-corrected chi connectivity index (χ3v) is 4.62. The molecule has 1 aromatic rings. The quantitative estimate of drug-likeness (QED) is 0.246. The summed E-state index contributed by atoms with van der Waals surface area (Å²) < 4.78 is 5.43. The Hall–Kier alpha value is -3.01. The zero-order valence-corrected chi connectivity index (χ0v) is 16.6. The summed E-state index contributed by atoms with van der Waals surface area (Å²) in [5, 5.41) is 30.5. The van der Waals surface area contributed by atoms with Crippen LogP contribution in [0.3, 0.4) is 0 Å². The van der Waals surface area contributed by atoms with Crippen LogP contribution in [0.25, 0.3) is 6.08 Å². The molecule has 0 amide bonds. The van der Waals surface area contributed by atoms with Gasteiger partial charge in [0.15, 0.2) is 5.78 Å². The SMILES string of the molecule is C[C@@H]1/C=C\C(=O)[C@@H](O)[C@@H](O)C/C=C/c2cc(NOCC=O)cc(O)c2C(=O)O[C@H]1C. The minimum absolute atomic E-state index is 0.0821. The fourth-order valence-corrected chi connectivity index (χ4v) is 2.71. The Morgan fingerprint density at radius 1 is 1.23 bits per heavy atom. The zero-order chi connectivity index (χ0) is 22.3. The number of rotatable bonds is 4. The van der Waals surface area contributed by atoms with Gasteiger partial charge in [-0.15, -0.1) is 0 Å². The average molecular weight is 419 g/mol. The molecule has 0 radical (unpaired) electrons. The Balaban J connectivity index is 2.45. The summed E-state index contributed by atoms with van der Waals surface area (Å²) in [7, 11) is 0. The first kappa shape index (κ1) is 23.3. The van der Waals surface area contributed by atoms with Crippen molar-refractivity contribution in [1.29, 1.82) is 0 Å². The van der Waals surface area contributed by atoms with Gasteiger partial charge in [0.05, 0.1) is 11.8 Å². The lowest BCUT2D eigenvalue weighted by Crippen LogP contribution is -2.32. The number of hydrogen-bond acceptors (Lipinski definition) is 9. The molecule has 30 heavy (non-hydrogen) atoms. The van der Waals surface area contributed by atoms with E-state index in [0.717, 1.165) is 6.08 Å². The normalized spacial score (nSPS) is 27.3. The molecule has 0 saturated heterocycles. The Bertz CT molecular complexity index is 848. The van der Waals surface area contributed by atoms with Crippen LogP contribution in [0.1, 0.15) is 36.2 Å². The van der Waals surface area contributed by atoms with E-state index in [4.69, 9.17) is 9.57 Å². The number of esters is 1. The van der Waals surface area contributed by atoms with Crippen LogP contribution < -0.4 is 5.48 Å². The van der Waals surface area contributed by atoms with E-state index in [0.29, 0.717) is 6.29 Å². The maximum atomic E-state index is 12.7. The number of aldehydes is 1. The molecule has 0 saturated carbocycles. The number of fused-ring (bicyclic) bond motifs is 1. The summed E-state index contributed by atoms with van der Waals surface area (Å²) >= 11 is 0. The summed E-state index contributed by atoms with van der Waals surface area (Å²) in [4.78, 5) is 40.0. The van der Waals surface area contributed by atoms with Crippen LogP contribution in [-0.4, -0.2) is 58.3 Å². The van der Waals surface area contributed by atoms with Crippen LogP contribution in [-0.2, 0) is 19.2 Å². The summed E-state index contributed by atoms with van der Waals surface area (Å²) in [5.74, 6) is -2.18. The van der Waals surface area contributed by atoms with E-state index in [-0.39, 0.29) is 41.5 Å². The third kappa shape index (κ3) is 5.99. The molecule has 1 heterocycles. The van der Waals surface area contributed by atoms with E-state index >= 15 is 0 Å². The molecule has 4 atom stereocenters.